The van der Waals surface area contributed by atoms with Crippen molar-refractivity contribution >= 4 is 33.7 Å². The van der Waals surface area contributed by atoms with Crippen molar-refractivity contribution in [3.63, 3.8) is 0 Å². The second-order valence-corrected chi connectivity index (χ2v) is 6.34. The summed E-state index contributed by atoms with van der Waals surface area (Å²) in [5, 5.41) is 0. The number of halogens is 1. The molecule has 0 aromatic heterocycles. The summed E-state index contributed by atoms with van der Waals surface area (Å²) >= 11 is 3.29. The summed E-state index contributed by atoms with van der Waals surface area (Å²) in [5.41, 5.74) is 4.36. The highest BCUT2D eigenvalue weighted by atomic mass is 79.9. The van der Waals surface area contributed by atoms with Gasteiger partial charge in [0.1, 0.15) is 5.75 Å². The lowest BCUT2D eigenvalue weighted by molar-refractivity contribution is -0.153. The smallest absolute Gasteiger partial charge is 0.309 e. The van der Waals surface area contributed by atoms with Gasteiger partial charge in [0.2, 0.25) is 0 Å². The molecular weight excluding hydrogens is 392 g/mol. The Morgan fingerprint density at radius 3 is 2.36 bits per heavy atom. The van der Waals surface area contributed by atoms with Crippen LogP contribution < -0.4 is 15.6 Å². The van der Waals surface area contributed by atoms with Gasteiger partial charge in [0.05, 0.1) is 5.92 Å². The molecule has 1 unspecified atom stereocenters. The Morgan fingerprint density at radius 2 is 1.72 bits per heavy atom. The number of hydrogen-bond acceptors (Lipinski definition) is 5. The Labute approximate surface area is 153 Å². The lowest BCUT2D eigenvalue weighted by atomic mass is 9.95. The van der Waals surface area contributed by atoms with Crippen molar-refractivity contribution in [2.75, 3.05) is 13.2 Å². The minimum Gasteiger partial charge on any atom is -0.484 e. The summed E-state index contributed by atoms with van der Waals surface area (Å²) < 4.78 is 11.1. The number of rotatable bonds is 6. The zero-order valence-electron chi connectivity index (χ0n) is 13.5. The van der Waals surface area contributed by atoms with Gasteiger partial charge in [0, 0.05) is 4.47 Å². The number of allylic oxidation sites excluding steroid dienone is 2. The van der Waals surface area contributed by atoms with Crippen LogP contribution in [0.4, 0.5) is 0 Å². The van der Waals surface area contributed by atoms with Gasteiger partial charge in [-0.2, -0.15) is 0 Å². The maximum Gasteiger partial charge on any atom is 0.309 e. The predicted molar refractivity (Wildman–Crippen MR) is 93.4 cm³/mol. The van der Waals surface area contributed by atoms with Crippen LogP contribution in [0.15, 0.2) is 40.9 Å². The molecular formula is C17H19BrN2O5. The third-order valence-corrected chi connectivity index (χ3v) is 4.00. The van der Waals surface area contributed by atoms with E-state index in [1.165, 1.54) is 0 Å². The number of benzene rings is 1. The van der Waals surface area contributed by atoms with E-state index in [1.54, 1.807) is 24.3 Å². The zero-order valence-corrected chi connectivity index (χ0v) is 15.1. The van der Waals surface area contributed by atoms with Gasteiger partial charge in [-0.05, 0) is 43.5 Å². The normalized spacial score (nSPS) is 16.0. The fraction of sp³-hybridized carbons (Fsp3) is 0.353. The standard InChI is InChI=1S/C17H19BrN2O5/c18-13-6-8-14(9-7-13)24-10-15(21)19-20-16(22)11-25-17(23)12-4-2-1-3-5-12/h1-2,6-9,12H,3-5,10-11H2,(H,19,21)(H,20,22). The molecule has 1 aliphatic carbocycles. The molecule has 0 saturated heterocycles. The van der Waals surface area contributed by atoms with Crippen LogP contribution in [0.5, 0.6) is 5.75 Å². The van der Waals surface area contributed by atoms with Crippen LogP contribution in [-0.2, 0) is 19.1 Å². The van der Waals surface area contributed by atoms with Crippen molar-refractivity contribution in [3.8, 4) is 5.75 Å². The molecule has 2 amide bonds. The Balaban J connectivity index is 1.60. The highest BCUT2D eigenvalue weighted by Gasteiger charge is 2.21. The minimum absolute atomic E-state index is 0.202. The predicted octanol–water partition coefficient (Wildman–Crippen LogP) is 1.87. The van der Waals surface area contributed by atoms with Crippen molar-refractivity contribution < 1.29 is 23.9 Å². The summed E-state index contributed by atoms with van der Waals surface area (Å²) in [4.78, 5) is 35.0. The van der Waals surface area contributed by atoms with Crippen molar-refractivity contribution in [3.05, 3.63) is 40.9 Å². The Hall–Kier alpha value is -2.35. The average molecular weight is 411 g/mol. The average Bonchev–Trinajstić information content (AvgIpc) is 2.64. The lowest BCUT2D eigenvalue weighted by Crippen LogP contribution is -2.45. The molecule has 7 nitrogen and oxygen atoms in total. The Kier molecular flexibility index (Phi) is 7.46. The monoisotopic (exact) mass is 410 g/mol. The van der Waals surface area contributed by atoms with Crippen molar-refractivity contribution in [1.82, 2.24) is 10.9 Å². The van der Waals surface area contributed by atoms with Gasteiger partial charge in [-0.3, -0.25) is 25.2 Å². The van der Waals surface area contributed by atoms with Crippen LogP contribution in [0.2, 0.25) is 0 Å². The molecule has 0 spiro atoms. The highest BCUT2D eigenvalue weighted by Crippen LogP contribution is 2.19. The first-order valence-corrected chi connectivity index (χ1v) is 8.61. The molecule has 0 aliphatic heterocycles. The first-order valence-electron chi connectivity index (χ1n) is 7.82. The minimum atomic E-state index is -0.614. The Bertz CT molecular complexity index is 645. The number of hydrogen-bond donors (Lipinski definition) is 2. The summed E-state index contributed by atoms with van der Waals surface area (Å²) in [5.74, 6) is -1.21. The molecule has 0 saturated carbocycles. The van der Waals surface area contributed by atoms with Gasteiger partial charge < -0.3 is 9.47 Å². The summed E-state index contributed by atoms with van der Waals surface area (Å²) in [7, 11) is 0. The molecule has 1 atom stereocenters. The highest BCUT2D eigenvalue weighted by molar-refractivity contribution is 9.10. The number of ether oxygens (including phenoxy) is 2. The molecule has 8 heteroatoms. The van der Waals surface area contributed by atoms with E-state index in [9.17, 15) is 14.4 Å². The van der Waals surface area contributed by atoms with E-state index in [-0.39, 0.29) is 12.5 Å². The molecule has 2 rings (SSSR count). The molecule has 134 valence electrons. The number of amides is 2. The van der Waals surface area contributed by atoms with Gasteiger partial charge in [-0.25, -0.2) is 0 Å². The fourth-order valence-electron chi connectivity index (χ4n) is 2.15. The number of carbonyl (C=O) groups is 3. The molecule has 25 heavy (non-hydrogen) atoms. The molecule has 1 aliphatic rings. The lowest BCUT2D eigenvalue weighted by Gasteiger charge is -2.16. The third-order valence-electron chi connectivity index (χ3n) is 3.47. The van der Waals surface area contributed by atoms with E-state index in [4.69, 9.17) is 9.47 Å². The van der Waals surface area contributed by atoms with Gasteiger partial charge in [0.15, 0.2) is 13.2 Å². The van der Waals surface area contributed by atoms with Gasteiger partial charge >= 0.3 is 5.97 Å². The van der Waals surface area contributed by atoms with Crippen LogP contribution in [0, 0.1) is 5.92 Å². The van der Waals surface area contributed by atoms with Gasteiger partial charge in [-0.15, -0.1) is 0 Å². The van der Waals surface area contributed by atoms with E-state index >= 15 is 0 Å². The molecule has 0 radical (unpaired) electrons. The van der Waals surface area contributed by atoms with Crippen molar-refractivity contribution in [1.29, 1.82) is 0 Å². The van der Waals surface area contributed by atoms with Crippen molar-refractivity contribution in [2.45, 2.75) is 19.3 Å². The topological polar surface area (TPSA) is 93.7 Å². The largest absolute Gasteiger partial charge is 0.484 e. The maximum atomic E-state index is 11.8. The van der Waals surface area contributed by atoms with Crippen molar-refractivity contribution in [2.24, 2.45) is 5.92 Å². The summed E-state index contributed by atoms with van der Waals surface area (Å²) in [6.07, 6.45) is 6.13. The van der Waals surface area contributed by atoms with Gasteiger partial charge in [-0.1, -0.05) is 28.1 Å². The van der Waals surface area contributed by atoms with Crippen LogP contribution >= 0.6 is 15.9 Å². The summed E-state index contributed by atoms with van der Waals surface area (Å²) in [6.45, 7) is -0.691. The summed E-state index contributed by atoms with van der Waals surface area (Å²) in [6, 6.07) is 6.97. The second-order valence-electron chi connectivity index (χ2n) is 5.43. The number of nitrogens with one attached hydrogen (secondary N) is 2. The van der Waals surface area contributed by atoms with Crippen LogP contribution in [0.25, 0.3) is 0 Å². The molecule has 0 bridgehead atoms. The Morgan fingerprint density at radius 1 is 1.04 bits per heavy atom. The first-order chi connectivity index (χ1) is 12.0. The number of esters is 1. The van der Waals surface area contributed by atoms with E-state index in [0.717, 1.165) is 17.3 Å². The molecule has 0 fully saturated rings. The van der Waals surface area contributed by atoms with E-state index in [1.807, 2.05) is 12.2 Å². The zero-order chi connectivity index (χ0) is 18.1. The number of carbonyl (C=O) groups excluding carboxylic acids is 3. The molecule has 0 heterocycles. The first kappa shape index (κ1) is 19.0. The fourth-order valence-corrected chi connectivity index (χ4v) is 2.42. The molecule has 1 aromatic carbocycles. The number of hydrazine groups is 1. The third kappa shape index (κ3) is 6.96. The maximum absolute atomic E-state index is 11.8. The van der Waals surface area contributed by atoms with E-state index in [0.29, 0.717) is 12.2 Å². The quantitative estimate of drug-likeness (QED) is 0.424. The van der Waals surface area contributed by atoms with Crippen LogP contribution in [-0.4, -0.2) is 31.0 Å². The second kappa shape index (κ2) is 9.83. The van der Waals surface area contributed by atoms with E-state index in [2.05, 4.69) is 26.8 Å². The van der Waals surface area contributed by atoms with Crippen LogP contribution in [0.1, 0.15) is 19.3 Å². The van der Waals surface area contributed by atoms with Gasteiger partial charge in [0.25, 0.3) is 11.8 Å². The molecule has 1 aromatic rings. The molecule has 2 N–H and O–H groups in total. The van der Waals surface area contributed by atoms with Crippen LogP contribution in [0.3, 0.4) is 0 Å². The van der Waals surface area contributed by atoms with E-state index < -0.39 is 24.4 Å². The SMILES string of the molecule is O=C(COC(=O)C1CC=CCC1)NNC(=O)COc1ccc(Br)cc1.